The number of benzene rings is 1. The molecule has 2 N–H and O–H groups in total. The molecule has 0 radical (unpaired) electrons. The van der Waals surface area contributed by atoms with Crippen molar-refractivity contribution in [1.82, 2.24) is 4.90 Å². The van der Waals surface area contributed by atoms with Crippen molar-refractivity contribution >= 4 is 23.0 Å². The number of likely N-dealkylation sites (N-methyl/N-ethyl adjacent to an activating group) is 1. The van der Waals surface area contributed by atoms with Crippen LogP contribution >= 0.6 is 12.2 Å². The van der Waals surface area contributed by atoms with Crippen molar-refractivity contribution < 1.29 is 5.11 Å². The minimum absolute atomic E-state index is 0.102. The Hall–Kier alpha value is -1.13. The SMILES string of the molecule is Cc1cccc(NC(=S)N(C)CCO)c1C. The van der Waals surface area contributed by atoms with Gasteiger partial charge in [-0.3, -0.25) is 0 Å². The molecule has 16 heavy (non-hydrogen) atoms. The molecule has 0 aliphatic rings. The molecule has 0 aliphatic carbocycles. The van der Waals surface area contributed by atoms with Crippen molar-refractivity contribution in [1.29, 1.82) is 0 Å². The maximum Gasteiger partial charge on any atom is 0.173 e. The Labute approximate surface area is 102 Å². The van der Waals surface area contributed by atoms with Gasteiger partial charge < -0.3 is 15.3 Å². The van der Waals surface area contributed by atoms with Crippen molar-refractivity contribution in [2.75, 3.05) is 25.5 Å². The van der Waals surface area contributed by atoms with Gasteiger partial charge in [-0.15, -0.1) is 0 Å². The highest BCUT2D eigenvalue weighted by Gasteiger charge is 2.06. The fourth-order valence-electron chi connectivity index (χ4n) is 1.35. The number of aryl methyl sites for hydroxylation is 1. The normalized spacial score (nSPS) is 10.0. The van der Waals surface area contributed by atoms with Crippen LogP contribution in [0.4, 0.5) is 5.69 Å². The highest BCUT2D eigenvalue weighted by molar-refractivity contribution is 7.80. The van der Waals surface area contributed by atoms with E-state index in [1.54, 1.807) is 0 Å². The van der Waals surface area contributed by atoms with Crippen molar-refractivity contribution in [3.8, 4) is 0 Å². The zero-order chi connectivity index (χ0) is 12.1. The van der Waals surface area contributed by atoms with Crippen LogP contribution in [0.2, 0.25) is 0 Å². The molecule has 0 aromatic heterocycles. The molecule has 0 saturated heterocycles. The van der Waals surface area contributed by atoms with Crippen LogP contribution in [0, 0.1) is 13.8 Å². The van der Waals surface area contributed by atoms with Crippen LogP contribution in [0.25, 0.3) is 0 Å². The second kappa shape index (κ2) is 5.82. The molecule has 0 fully saturated rings. The van der Waals surface area contributed by atoms with Gasteiger partial charge in [-0.2, -0.15) is 0 Å². The van der Waals surface area contributed by atoms with E-state index >= 15 is 0 Å². The Kier molecular flexibility index (Phi) is 4.71. The lowest BCUT2D eigenvalue weighted by molar-refractivity contribution is 0.265. The van der Waals surface area contributed by atoms with Crippen molar-refractivity contribution in [2.45, 2.75) is 13.8 Å². The summed E-state index contributed by atoms with van der Waals surface area (Å²) in [5.41, 5.74) is 3.45. The summed E-state index contributed by atoms with van der Waals surface area (Å²) in [7, 11) is 1.86. The number of thiocarbonyl (C=S) groups is 1. The van der Waals surface area contributed by atoms with E-state index in [2.05, 4.69) is 25.2 Å². The van der Waals surface area contributed by atoms with Crippen LogP contribution in [-0.4, -0.2) is 35.3 Å². The quantitative estimate of drug-likeness (QED) is 0.789. The summed E-state index contributed by atoms with van der Waals surface area (Å²) in [6.07, 6.45) is 0. The molecular weight excluding hydrogens is 220 g/mol. The van der Waals surface area contributed by atoms with Crippen molar-refractivity contribution in [2.24, 2.45) is 0 Å². The van der Waals surface area contributed by atoms with Gasteiger partial charge in [0.05, 0.1) is 6.61 Å². The molecule has 88 valence electrons. The van der Waals surface area contributed by atoms with Gasteiger partial charge in [-0.05, 0) is 43.3 Å². The van der Waals surface area contributed by atoms with Gasteiger partial charge in [0.25, 0.3) is 0 Å². The predicted octanol–water partition coefficient (Wildman–Crippen LogP) is 1.92. The number of aliphatic hydroxyl groups is 1. The van der Waals surface area contributed by atoms with Crippen LogP contribution in [0.1, 0.15) is 11.1 Å². The summed E-state index contributed by atoms with van der Waals surface area (Å²) < 4.78 is 0. The summed E-state index contributed by atoms with van der Waals surface area (Å²) in [5, 5.41) is 12.6. The van der Waals surface area contributed by atoms with E-state index in [0.29, 0.717) is 11.7 Å². The first-order chi connectivity index (χ1) is 7.56. The highest BCUT2D eigenvalue weighted by Crippen LogP contribution is 2.18. The van der Waals surface area contributed by atoms with Gasteiger partial charge in [-0.25, -0.2) is 0 Å². The smallest absolute Gasteiger partial charge is 0.173 e. The van der Waals surface area contributed by atoms with E-state index in [4.69, 9.17) is 17.3 Å². The topological polar surface area (TPSA) is 35.5 Å². The third-order valence-corrected chi connectivity index (χ3v) is 3.04. The van der Waals surface area contributed by atoms with Crippen LogP contribution < -0.4 is 5.32 Å². The fourth-order valence-corrected chi connectivity index (χ4v) is 1.55. The minimum atomic E-state index is 0.102. The molecule has 0 atom stereocenters. The molecule has 1 aromatic rings. The summed E-state index contributed by atoms with van der Waals surface area (Å²) in [4.78, 5) is 1.82. The zero-order valence-corrected chi connectivity index (χ0v) is 10.8. The molecule has 0 aliphatic heterocycles. The largest absolute Gasteiger partial charge is 0.395 e. The number of nitrogens with one attached hydrogen (secondary N) is 1. The van der Waals surface area contributed by atoms with Crippen LogP contribution in [0.15, 0.2) is 18.2 Å². The number of aliphatic hydroxyl groups excluding tert-OH is 1. The Morgan fingerprint density at radius 3 is 2.75 bits per heavy atom. The third-order valence-electron chi connectivity index (χ3n) is 2.63. The average Bonchev–Trinajstić information content (AvgIpc) is 2.25. The maximum absolute atomic E-state index is 8.82. The van der Waals surface area contributed by atoms with Gasteiger partial charge in [0, 0.05) is 19.3 Å². The van der Waals surface area contributed by atoms with E-state index in [1.165, 1.54) is 11.1 Å². The molecular formula is C12H18N2OS. The summed E-state index contributed by atoms with van der Waals surface area (Å²) >= 11 is 5.23. The fraction of sp³-hybridized carbons (Fsp3) is 0.417. The van der Waals surface area contributed by atoms with Gasteiger partial charge in [0.1, 0.15) is 0 Å². The second-order valence-corrected chi connectivity index (χ2v) is 4.21. The van der Waals surface area contributed by atoms with Gasteiger partial charge in [0.15, 0.2) is 5.11 Å². The second-order valence-electron chi connectivity index (χ2n) is 3.82. The van der Waals surface area contributed by atoms with Crippen LogP contribution in [0.3, 0.4) is 0 Å². The lowest BCUT2D eigenvalue weighted by Gasteiger charge is -2.21. The lowest BCUT2D eigenvalue weighted by atomic mass is 10.1. The molecule has 0 spiro atoms. The number of rotatable bonds is 3. The molecule has 0 amide bonds. The van der Waals surface area contributed by atoms with E-state index in [-0.39, 0.29) is 6.61 Å². The Morgan fingerprint density at radius 1 is 1.44 bits per heavy atom. The summed E-state index contributed by atoms with van der Waals surface area (Å²) in [6, 6.07) is 6.07. The van der Waals surface area contributed by atoms with E-state index in [0.717, 1.165) is 5.69 Å². The van der Waals surface area contributed by atoms with Gasteiger partial charge in [-0.1, -0.05) is 12.1 Å². The van der Waals surface area contributed by atoms with E-state index in [9.17, 15) is 0 Å². The number of nitrogens with zero attached hydrogens (tertiary/aromatic N) is 1. The molecule has 1 rings (SSSR count). The summed E-state index contributed by atoms with van der Waals surface area (Å²) in [6.45, 7) is 4.77. The highest BCUT2D eigenvalue weighted by atomic mass is 32.1. The average molecular weight is 238 g/mol. The molecule has 4 heteroatoms. The van der Waals surface area contributed by atoms with E-state index in [1.807, 2.05) is 24.1 Å². The Bertz CT molecular complexity index is 379. The minimum Gasteiger partial charge on any atom is -0.395 e. The molecule has 0 saturated carbocycles. The van der Waals surface area contributed by atoms with Gasteiger partial charge >= 0.3 is 0 Å². The third kappa shape index (κ3) is 3.18. The Morgan fingerprint density at radius 2 is 2.12 bits per heavy atom. The number of hydrogen-bond donors (Lipinski definition) is 2. The van der Waals surface area contributed by atoms with Crippen molar-refractivity contribution in [3.05, 3.63) is 29.3 Å². The first kappa shape index (κ1) is 12.9. The monoisotopic (exact) mass is 238 g/mol. The first-order valence-electron chi connectivity index (χ1n) is 5.25. The predicted molar refractivity (Wildman–Crippen MR) is 71.9 cm³/mol. The van der Waals surface area contributed by atoms with Gasteiger partial charge in [0.2, 0.25) is 0 Å². The Balaban J connectivity index is 2.73. The zero-order valence-electron chi connectivity index (χ0n) is 9.95. The molecule has 0 heterocycles. The summed E-state index contributed by atoms with van der Waals surface area (Å²) in [5.74, 6) is 0. The first-order valence-corrected chi connectivity index (χ1v) is 5.66. The standard InChI is InChI=1S/C12H18N2OS/c1-9-5-4-6-11(10(9)2)13-12(16)14(3)7-8-15/h4-6,15H,7-8H2,1-3H3,(H,13,16). The van der Waals surface area contributed by atoms with Crippen LogP contribution in [0.5, 0.6) is 0 Å². The lowest BCUT2D eigenvalue weighted by Crippen LogP contribution is -2.33. The molecule has 1 aromatic carbocycles. The number of anilines is 1. The van der Waals surface area contributed by atoms with Crippen LogP contribution in [-0.2, 0) is 0 Å². The van der Waals surface area contributed by atoms with E-state index < -0.39 is 0 Å². The number of hydrogen-bond acceptors (Lipinski definition) is 2. The van der Waals surface area contributed by atoms with Crippen molar-refractivity contribution in [3.63, 3.8) is 0 Å². The molecule has 3 nitrogen and oxygen atoms in total. The molecule has 0 bridgehead atoms. The molecule has 0 unspecified atom stereocenters. The maximum atomic E-state index is 8.82.